The first-order valence-electron chi connectivity index (χ1n) is 1.94. The van der Waals surface area contributed by atoms with E-state index in [1.54, 1.807) is 0 Å². The molecule has 0 bridgehead atoms. The predicted molar refractivity (Wildman–Crippen MR) is 26.6 cm³/mol. The Morgan fingerprint density at radius 3 is 3.25 bits per heavy atom. The molecule has 2 N–H and O–H groups in total. The Labute approximate surface area is 45.2 Å². The van der Waals surface area contributed by atoms with Crippen LogP contribution in [0.5, 0.6) is 0 Å². The summed E-state index contributed by atoms with van der Waals surface area (Å²) >= 11 is 0. The van der Waals surface area contributed by atoms with Gasteiger partial charge in [-0.15, -0.1) is 0 Å². The first-order chi connectivity index (χ1) is 3.93. The Bertz CT molecular complexity index is 167. The third-order valence-electron chi connectivity index (χ3n) is 0.535. The van der Waals surface area contributed by atoms with Crippen molar-refractivity contribution >= 4 is 12.4 Å². The maximum atomic E-state index is 4.90. The van der Waals surface area contributed by atoms with E-state index < -0.39 is 0 Å². The van der Waals surface area contributed by atoms with Gasteiger partial charge in [-0.3, -0.25) is 0 Å². The largest absolute Gasteiger partial charge is 0.390 e. The highest BCUT2D eigenvalue weighted by atomic mass is 16.5. The van der Waals surface area contributed by atoms with Crippen LogP contribution in [0.25, 0.3) is 0 Å². The van der Waals surface area contributed by atoms with Gasteiger partial charge in [-0.05, 0) is 0 Å². The fraction of sp³-hybridized carbons (Fsp3) is 0. The van der Waals surface area contributed by atoms with Crippen LogP contribution in [0.2, 0.25) is 0 Å². The highest BCUT2D eigenvalue weighted by Gasteiger charge is 1.87. The number of rotatable bonds is 1. The molecule has 0 saturated heterocycles. The third kappa shape index (κ3) is 0.810. The SMILES string of the molecule is N/C=N/c1ncno1. The highest BCUT2D eigenvalue weighted by molar-refractivity contribution is 5.54. The minimum Gasteiger partial charge on any atom is -0.390 e. The van der Waals surface area contributed by atoms with E-state index in [-0.39, 0.29) is 6.01 Å². The second kappa shape index (κ2) is 2.06. The maximum absolute atomic E-state index is 4.90. The van der Waals surface area contributed by atoms with Crippen LogP contribution < -0.4 is 5.73 Å². The van der Waals surface area contributed by atoms with E-state index in [9.17, 15) is 0 Å². The monoisotopic (exact) mass is 112 g/mol. The van der Waals surface area contributed by atoms with Crippen molar-refractivity contribution < 1.29 is 4.52 Å². The van der Waals surface area contributed by atoms with Crippen molar-refractivity contribution in [3.05, 3.63) is 6.33 Å². The van der Waals surface area contributed by atoms with Gasteiger partial charge in [-0.25, -0.2) is 0 Å². The van der Waals surface area contributed by atoms with Crippen molar-refractivity contribution in [2.75, 3.05) is 0 Å². The van der Waals surface area contributed by atoms with Crippen molar-refractivity contribution in [3.8, 4) is 0 Å². The summed E-state index contributed by atoms with van der Waals surface area (Å²) < 4.78 is 4.43. The second-order valence-corrected chi connectivity index (χ2v) is 1.00. The van der Waals surface area contributed by atoms with Gasteiger partial charge in [0.25, 0.3) is 0 Å². The van der Waals surface area contributed by atoms with Gasteiger partial charge in [0.05, 0.1) is 6.34 Å². The maximum Gasteiger partial charge on any atom is 0.348 e. The van der Waals surface area contributed by atoms with Crippen LogP contribution in [0, 0.1) is 0 Å². The summed E-state index contributed by atoms with van der Waals surface area (Å²) in [5.74, 6) is 0. The summed E-state index contributed by atoms with van der Waals surface area (Å²) in [6, 6.07) is 0.174. The number of aromatic nitrogens is 2. The molecule has 0 aromatic carbocycles. The zero-order valence-electron chi connectivity index (χ0n) is 3.98. The summed E-state index contributed by atoms with van der Waals surface area (Å²) in [5.41, 5.74) is 4.90. The average molecular weight is 112 g/mol. The molecule has 0 spiro atoms. The molecule has 8 heavy (non-hydrogen) atoms. The van der Waals surface area contributed by atoms with Gasteiger partial charge >= 0.3 is 6.01 Å². The van der Waals surface area contributed by atoms with Crippen LogP contribution in [0.3, 0.4) is 0 Å². The standard InChI is InChI=1S/C3H4N4O/c4-1-5-3-6-2-7-8-3/h1-2H,(H2,4,5,6,7). The van der Waals surface area contributed by atoms with E-state index in [1.165, 1.54) is 6.33 Å². The molecule has 0 aliphatic rings. The Morgan fingerprint density at radius 1 is 1.88 bits per heavy atom. The Balaban J connectivity index is 2.77. The predicted octanol–water partition coefficient (Wildman–Crippen LogP) is -0.312. The number of aliphatic imine (C=N–C) groups is 1. The van der Waals surface area contributed by atoms with Crippen molar-refractivity contribution in [2.45, 2.75) is 0 Å². The Morgan fingerprint density at radius 2 is 2.75 bits per heavy atom. The van der Waals surface area contributed by atoms with Crippen LogP contribution in [-0.2, 0) is 0 Å². The molecule has 0 aliphatic heterocycles. The van der Waals surface area contributed by atoms with Crippen molar-refractivity contribution in [1.82, 2.24) is 10.1 Å². The van der Waals surface area contributed by atoms with E-state index >= 15 is 0 Å². The molecule has 1 aromatic heterocycles. The molecule has 0 atom stereocenters. The molecule has 0 aliphatic carbocycles. The summed E-state index contributed by atoms with van der Waals surface area (Å²) in [7, 11) is 0. The quantitative estimate of drug-likeness (QED) is 0.399. The molecule has 0 amide bonds. The van der Waals surface area contributed by atoms with E-state index in [2.05, 4.69) is 19.7 Å². The van der Waals surface area contributed by atoms with Gasteiger partial charge in [0, 0.05) is 0 Å². The number of nitrogens with two attached hydrogens (primary N) is 1. The minimum absolute atomic E-state index is 0.174. The van der Waals surface area contributed by atoms with Gasteiger partial charge in [0.1, 0.15) is 0 Å². The van der Waals surface area contributed by atoms with Gasteiger partial charge in [0.15, 0.2) is 6.33 Å². The minimum atomic E-state index is 0.174. The smallest absolute Gasteiger partial charge is 0.348 e. The van der Waals surface area contributed by atoms with Gasteiger partial charge in [0.2, 0.25) is 0 Å². The molecule has 0 radical (unpaired) electrons. The molecule has 0 unspecified atom stereocenters. The van der Waals surface area contributed by atoms with Crippen LogP contribution >= 0.6 is 0 Å². The lowest BCUT2D eigenvalue weighted by molar-refractivity contribution is 0.428. The fourth-order valence-electron chi connectivity index (χ4n) is 0.288. The van der Waals surface area contributed by atoms with Crippen LogP contribution in [-0.4, -0.2) is 16.5 Å². The summed E-state index contributed by atoms with van der Waals surface area (Å²) in [4.78, 5) is 7.03. The molecular weight excluding hydrogens is 108 g/mol. The number of hydrogen-bond acceptors (Lipinski definition) is 4. The first kappa shape index (κ1) is 4.76. The molecule has 42 valence electrons. The lowest BCUT2D eigenvalue weighted by Crippen LogP contribution is -1.85. The Hall–Kier alpha value is -1.39. The van der Waals surface area contributed by atoms with Crippen LogP contribution in [0.15, 0.2) is 15.8 Å². The number of nitrogens with zero attached hydrogens (tertiary/aromatic N) is 3. The summed E-state index contributed by atoms with van der Waals surface area (Å²) in [5, 5.41) is 3.29. The highest BCUT2D eigenvalue weighted by Crippen LogP contribution is 1.99. The molecule has 5 heteroatoms. The molecular formula is C3H4N4O. The molecule has 1 aromatic rings. The zero-order chi connectivity index (χ0) is 5.82. The molecule has 5 nitrogen and oxygen atoms in total. The van der Waals surface area contributed by atoms with Crippen molar-refractivity contribution in [1.29, 1.82) is 0 Å². The van der Waals surface area contributed by atoms with Gasteiger partial charge in [-0.2, -0.15) is 9.98 Å². The normalized spacial score (nSPS) is 10.5. The van der Waals surface area contributed by atoms with Crippen molar-refractivity contribution in [2.24, 2.45) is 10.7 Å². The topological polar surface area (TPSA) is 77.3 Å². The lowest BCUT2D eigenvalue weighted by atomic mass is 11.1. The fourth-order valence-corrected chi connectivity index (χ4v) is 0.288. The lowest BCUT2D eigenvalue weighted by Gasteiger charge is -1.71. The first-order valence-corrected chi connectivity index (χ1v) is 1.94. The molecule has 0 saturated carbocycles. The molecule has 0 fully saturated rings. The van der Waals surface area contributed by atoms with E-state index in [0.29, 0.717) is 0 Å². The van der Waals surface area contributed by atoms with E-state index in [0.717, 1.165) is 6.34 Å². The molecule has 1 heterocycles. The van der Waals surface area contributed by atoms with E-state index in [1.807, 2.05) is 0 Å². The van der Waals surface area contributed by atoms with Crippen molar-refractivity contribution in [3.63, 3.8) is 0 Å². The van der Waals surface area contributed by atoms with Crippen LogP contribution in [0.1, 0.15) is 0 Å². The van der Waals surface area contributed by atoms with E-state index in [4.69, 9.17) is 5.73 Å². The number of hydrogen-bond donors (Lipinski definition) is 1. The second-order valence-electron chi connectivity index (χ2n) is 1.00. The summed E-state index contributed by atoms with van der Waals surface area (Å²) in [6.45, 7) is 0. The Kier molecular flexibility index (Phi) is 1.23. The van der Waals surface area contributed by atoms with Crippen LogP contribution in [0.4, 0.5) is 6.01 Å². The average Bonchev–Trinajstić information content (AvgIpc) is 2.19. The summed E-state index contributed by atoms with van der Waals surface area (Å²) in [6.07, 6.45) is 2.34. The third-order valence-corrected chi connectivity index (χ3v) is 0.535. The zero-order valence-corrected chi connectivity index (χ0v) is 3.98. The van der Waals surface area contributed by atoms with Gasteiger partial charge < -0.3 is 10.3 Å². The van der Waals surface area contributed by atoms with Gasteiger partial charge in [-0.1, -0.05) is 5.16 Å². The molecule has 1 rings (SSSR count).